The van der Waals surface area contributed by atoms with Gasteiger partial charge in [0.1, 0.15) is 5.75 Å². The van der Waals surface area contributed by atoms with E-state index >= 15 is 0 Å². The summed E-state index contributed by atoms with van der Waals surface area (Å²) < 4.78 is 16.3. The monoisotopic (exact) mass is 290 g/mol. The molecule has 0 amide bonds. The van der Waals surface area contributed by atoms with Crippen LogP contribution in [0, 0.1) is 0 Å². The first-order chi connectivity index (χ1) is 9.69. The fourth-order valence-corrected chi connectivity index (χ4v) is 2.51. The first kappa shape index (κ1) is 13.1. The highest BCUT2D eigenvalue weighted by atomic mass is 35.5. The lowest BCUT2D eigenvalue weighted by Gasteiger charge is -2.17. The van der Waals surface area contributed by atoms with Crippen molar-refractivity contribution >= 4 is 11.6 Å². The van der Waals surface area contributed by atoms with Gasteiger partial charge >= 0.3 is 0 Å². The second kappa shape index (κ2) is 5.25. The van der Waals surface area contributed by atoms with Crippen LogP contribution in [0.25, 0.3) is 0 Å². The molecule has 0 spiro atoms. The summed E-state index contributed by atoms with van der Waals surface area (Å²) in [4.78, 5) is 0. The summed E-state index contributed by atoms with van der Waals surface area (Å²) in [7, 11) is 1.66. The molecule has 2 aromatic rings. The molecule has 104 valence electrons. The van der Waals surface area contributed by atoms with E-state index in [-0.39, 0.29) is 12.7 Å². The maximum absolute atomic E-state index is 5.94. The predicted octanol–water partition coefficient (Wildman–Crippen LogP) is 4.23. The Hall–Kier alpha value is -1.87. The molecule has 1 aliphatic rings. The summed E-state index contributed by atoms with van der Waals surface area (Å²) in [5.74, 6) is 2.48. The lowest BCUT2D eigenvalue weighted by Crippen LogP contribution is -1.99. The molecular formula is C16H15ClO3. The number of benzene rings is 2. The fourth-order valence-electron chi connectivity index (χ4n) is 2.39. The standard InChI is InChI=1S/C16H15ClO3/c1-10(11-3-5-12(17)6-4-11)13-7-15-16(20-9-19-15)8-14(13)18-2/h3-8,10H,9H2,1-2H3. The van der Waals surface area contributed by atoms with Crippen molar-refractivity contribution in [3.8, 4) is 17.2 Å². The summed E-state index contributed by atoms with van der Waals surface area (Å²) in [6.07, 6.45) is 0. The minimum Gasteiger partial charge on any atom is -0.496 e. The van der Waals surface area contributed by atoms with Crippen molar-refractivity contribution in [2.24, 2.45) is 0 Å². The molecule has 3 rings (SSSR count). The van der Waals surface area contributed by atoms with Gasteiger partial charge in [-0.2, -0.15) is 0 Å². The van der Waals surface area contributed by atoms with Gasteiger partial charge in [-0.25, -0.2) is 0 Å². The van der Waals surface area contributed by atoms with E-state index in [1.165, 1.54) is 5.56 Å². The van der Waals surface area contributed by atoms with Crippen LogP contribution >= 0.6 is 11.6 Å². The molecule has 3 nitrogen and oxygen atoms in total. The molecule has 0 bridgehead atoms. The number of ether oxygens (including phenoxy) is 3. The van der Waals surface area contributed by atoms with E-state index in [9.17, 15) is 0 Å². The Bertz CT molecular complexity index is 622. The summed E-state index contributed by atoms with van der Waals surface area (Å²) in [6.45, 7) is 2.39. The summed E-state index contributed by atoms with van der Waals surface area (Å²) in [5.41, 5.74) is 2.24. The van der Waals surface area contributed by atoms with Crippen molar-refractivity contribution in [2.45, 2.75) is 12.8 Å². The highest BCUT2D eigenvalue weighted by Crippen LogP contribution is 2.42. The van der Waals surface area contributed by atoms with Crippen LogP contribution in [0.3, 0.4) is 0 Å². The molecule has 1 atom stereocenters. The molecule has 1 aliphatic heterocycles. The second-order valence-electron chi connectivity index (χ2n) is 4.72. The Labute approximate surface area is 123 Å². The molecule has 20 heavy (non-hydrogen) atoms. The highest BCUT2D eigenvalue weighted by Gasteiger charge is 2.21. The minimum absolute atomic E-state index is 0.178. The molecule has 0 radical (unpaired) electrons. The summed E-state index contributed by atoms with van der Waals surface area (Å²) >= 11 is 5.94. The largest absolute Gasteiger partial charge is 0.496 e. The van der Waals surface area contributed by atoms with Gasteiger partial charge in [-0.15, -0.1) is 0 Å². The van der Waals surface area contributed by atoms with E-state index in [0.29, 0.717) is 0 Å². The van der Waals surface area contributed by atoms with E-state index in [1.807, 2.05) is 36.4 Å². The Kier molecular flexibility index (Phi) is 3.45. The SMILES string of the molecule is COc1cc2c(cc1C(C)c1ccc(Cl)cc1)OCO2. The Morgan fingerprint density at radius 2 is 1.75 bits per heavy atom. The molecule has 4 heteroatoms. The molecule has 0 aliphatic carbocycles. The molecule has 0 fully saturated rings. The third-order valence-electron chi connectivity index (χ3n) is 3.56. The number of methoxy groups -OCH3 is 1. The maximum atomic E-state index is 5.94. The van der Waals surface area contributed by atoms with Crippen LogP contribution in [0.5, 0.6) is 17.2 Å². The molecule has 1 heterocycles. The van der Waals surface area contributed by atoms with Crippen LogP contribution in [-0.2, 0) is 0 Å². The lowest BCUT2D eigenvalue weighted by molar-refractivity contribution is 0.174. The number of halogens is 1. The fraction of sp³-hybridized carbons (Fsp3) is 0.250. The highest BCUT2D eigenvalue weighted by molar-refractivity contribution is 6.30. The predicted molar refractivity (Wildman–Crippen MR) is 78.1 cm³/mol. The molecule has 2 aromatic carbocycles. The summed E-state index contributed by atoms with van der Waals surface area (Å²) in [6, 6.07) is 11.7. The van der Waals surface area contributed by atoms with Gasteiger partial charge in [0.05, 0.1) is 7.11 Å². The van der Waals surface area contributed by atoms with Gasteiger partial charge in [0.15, 0.2) is 11.5 Å². The molecule has 1 unspecified atom stereocenters. The number of hydrogen-bond donors (Lipinski definition) is 0. The zero-order valence-electron chi connectivity index (χ0n) is 11.4. The normalized spacial score (nSPS) is 14.2. The molecule has 0 N–H and O–H groups in total. The van der Waals surface area contributed by atoms with Crippen molar-refractivity contribution in [1.82, 2.24) is 0 Å². The van der Waals surface area contributed by atoms with Gasteiger partial charge in [-0.05, 0) is 23.8 Å². The second-order valence-corrected chi connectivity index (χ2v) is 5.16. The lowest BCUT2D eigenvalue weighted by atomic mass is 9.92. The first-order valence-corrected chi connectivity index (χ1v) is 6.80. The van der Waals surface area contributed by atoms with Crippen molar-refractivity contribution in [3.05, 3.63) is 52.5 Å². The minimum atomic E-state index is 0.178. The number of fused-ring (bicyclic) bond motifs is 1. The van der Waals surface area contributed by atoms with Crippen LogP contribution in [0.15, 0.2) is 36.4 Å². The van der Waals surface area contributed by atoms with Crippen molar-refractivity contribution in [3.63, 3.8) is 0 Å². The van der Waals surface area contributed by atoms with Gasteiger partial charge in [-0.3, -0.25) is 0 Å². The van der Waals surface area contributed by atoms with Gasteiger partial charge in [0, 0.05) is 22.6 Å². The van der Waals surface area contributed by atoms with Crippen LogP contribution in [0.4, 0.5) is 0 Å². The van der Waals surface area contributed by atoms with Gasteiger partial charge in [0.2, 0.25) is 6.79 Å². The van der Waals surface area contributed by atoms with E-state index < -0.39 is 0 Å². The Morgan fingerprint density at radius 1 is 1.10 bits per heavy atom. The Morgan fingerprint density at radius 3 is 2.40 bits per heavy atom. The van der Waals surface area contributed by atoms with E-state index in [4.69, 9.17) is 25.8 Å². The quantitative estimate of drug-likeness (QED) is 0.847. The topological polar surface area (TPSA) is 27.7 Å². The van der Waals surface area contributed by atoms with Crippen LogP contribution < -0.4 is 14.2 Å². The van der Waals surface area contributed by atoms with Crippen molar-refractivity contribution in [2.75, 3.05) is 13.9 Å². The van der Waals surface area contributed by atoms with Crippen molar-refractivity contribution < 1.29 is 14.2 Å². The van der Waals surface area contributed by atoms with Crippen molar-refractivity contribution in [1.29, 1.82) is 0 Å². The number of hydrogen-bond acceptors (Lipinski definition) is 3. The van der Waals surface area contributed by atoms with Crippen LogP contribution in [0.1, 0.15) is 24.0 Å². The zero-order valence-corrected chi connectivity index (χ0v) is 12.1. The van der Waals surface area contributed by atoms with Crippen LogP contribution in [-0.4, -0.2) is 13.9 Å². The van der Waals surface area contributed by atoms with Gasteiger partial charge in [-0.1, -0.05) is 30.7 Å². The average molecular weight is 291 g/mol. The van der Waals surface area contributed by atoms with Gasteiger partial charge in [0.25, 0.3) is 0 Å². The van der Waals surface area contributed by atoms with E-state index in [0.717, 1.165) is 27.8 Å². The third-order valence-corrected chi connectivity index (χ3v) is 3.81. The van der Waals surface area contributed by atoms with Crippen LogP contribution in [0.2, 0.25) is 5.02 Å². The smallest absolute Gasteiger partial charge is 0.231 e. The average Bonchev–Trinajstić information content (AvgIpc) is 2.93. The van der Waals surface area contributed by atoms with Gasteiger partial charge < -0.3 is 14.2 Å². The zero-order chi connectivity index (χ0) is 14.1. The summed E-state index contributed by atoms with van der Waals surface area (Å²) in [5, 5.41) is 0.735. The Balaban J connectivity index is 2.02. The number of rotatable bonds is 3. The van der Waals surface area contributed by atoms with E-state index in [2.05, 4.69) is 6.92 Å². The van der Waals surface area contributed by atoms with E-state index in [1.54, 1.807) is 7.11 Å². The molecule has 0 saturated carbocycles. The molecular weight excluding hydrogens is 276 g/mol. The maximum Gasteiger partial charge on any atom is 0.231 e. The third kappa shape index (κ3) is 2.29. The molecule has 0 aromatic heterocycles. The first-order valence-electron chi connectivity index (χ1n) is 6.42. The molecule has 0 saturated heterocycles.